The predicted molar refractivity (Wildman–Crippen MR) is 101 cm³/mol. The van der Waals surface area contributed by atoms with Crippen LogP contribution in [-0.4, -0.2) is 40.7 Å². The van der Waals surface area contributed by atoms with Gasteiger partial charge in [-0.15, -0.1) is 0 Å². The second-order valence-corrected chi connectivity index (χ2v) is 6.36. The van der Waals surface area contributed by atoms with E-state index in [2.05, 4.69) is 5.32 Å². The Morgan fingerprint density at radius 1 is 1.11 bits per heavy atom. The molecule has 2 N–H and O–H groups in total. The number of carbonyl (C=O) groups is 3. The Hall–Kier alpha value is -3.48. The zero-order valence-electron chi connectivity index (χ0n) is 15.2. The number of Topliss-reactive ketones (excluding diaryl/α,β-unsaturated/α-hetero) is 1. The smallest absolute Gasteiger partial charge is 0.295 e. The van der Waals surface area contributed by atoms with Crippen LogP contribution in [-0.2, 0) is 14.4 Å². The molecule has 0 aromatic heterocycles. The van der Waals surface area contributed by atoms with Gasteiger partial charge in [-0.2, -0.15) is 0 Å². The predicted octanol–water partition coefficient (Wildman–Crippen LogP) is 2.38. The first-order valence-corrected chi connectivity index (χ1v) is 8.74. The third-order valence-electron chi connectivity index (χ3n) is 4.51. The maximum atomic E-state index is 14.5. The first-order valence-electron chi connectivity index (χ1n) is 8.74. The van der Waals surface area contributed by atoms with Crippen molar-refractivity contribution in [2.75, 3.05) is 13.1 Å². The molecule has 1 fully saturated rings. The average molecular weight is 382 g/mol. The fraction of sp³-hybridized carbons (Fsp3) is 0.190. The summed E-state index contributed by atoms with van der Waals surface area (Å²) < 4.78 is 14.5. The minimum absolute atomic E-state index is 0.00523. The number of ketones is 1. The number of hydrogen-bond acceptors (Lipinski definition) is 4. The first kappa shape index (κ1) is 19.3. The fourth-order valence-corrected chi connectivity index (χ4v) is 3.23. The van der Waals surface area contributed by atoms with Gasteiger partial charge in [0, 0.05) is 31.1 Å². The number of hydrogen-bond donors (Lipinski definition) is 2. The molecule has 0 radical (unpaired) electrons. The van der Waals surface area contributed by atoms with Crippen molar-refractivity contribution in [3.05, 3.63) is 77.1 Å². The van der Waals surface area contributed by atoms with Gasteiger partial charge in [0.2, 0.25) is 5.91 Å². The molecule has 144 valence electrons. The molecule has 6 nitrogen and oxygen atoms in total. The Morgan fingerprint density at radius 2 is 1.75 bits per heavy atom. The maximum Gasteiger partial charge on any atom is 0.295 e. The summed E-state index contributed by atoms with van der Waals surface area (Å²) >= 11 is 0. The Morgan fingerprint density at radius 3 is 2.39 bits per heavy atom. The molecule has 1 saturated heterocycles. The van der Waals surface area contributed by atoms with Crippen LogP contribution in [0, 0.1) is 5.82 Å². The van der Waals surface area contributed by atoms with Crippen molar-refractivity contribution in [2.45, 2.75) is 13.0 Å². The number of likely N-dealkylation sites (tertiary alicyclic amines) is 1. The van der Waals surface area contributed by atoms with E-state index >= 15 is 0 Å². The fourth-order valence-electron chi connectivity index (χ4n) is 3.23. The van der Waals surface area contributed by atoms with Gasteiger partial charge in [0.15, 0.2) is 0 Å². The second kappa shape index (κ2) is 8.04. The summed E-state index contributed by atoms with van der Waals surface area (Å²) in [6.07, 6.45) is 0. The van der Waals surface area contributed by atoms with Crippen LogP contribution < -0.4 is 5.32 Å². The van der Waals surface area contributed by atoms with Crippen LogP contribution in [0.25, 0.3) is 5.76 Å². The molecule has 28 heavy (non-hydrogen) atoms. The molecule has 0 unspecified atom stereocenters. The third-order valence-corrected chi connectivity index (χ3v) is 4.51. The minimum atomic E-state index is -1.09. The molecule has 2 amide bonds. The lowest BCUT2D eigenvalue weighted by molar-refractivity contribution is -0.140. The molecule has 2 aromatic rings. The zero-order chi connectivity index (χ0) is 20.3. The summed E-state index contributed by atoms with van der Waals surface area (Å²) in [4.78, 5) is 37.6. The molecule has 7 heteroatoms. The lowest BCUT2D eigenvalue weighted by atomic mass is 9.95. The number of benzene rings is 2. The summed E-state index contributed by atoms with van der Waals surface area (Å²) in [6, 6.07) is 13.0. The summed E-state index contributed by atoms with van der Waals surface area (Å²) in [7, 11) is 0. The van der Waals surface area contributed by atoms with E-state index in [1.807, 2.05) is 0 Å². The maximum absolute atomic E-state index is 14.5. The first-order chi connectivity index (χ1) is 13.4. The van der Waals surface area contributed by atoms with Crippen molar-refractivity contribution in [1.82, 2.24) is 10.2 Å². The van der Waals surface area contributed by atoms with Crippen LogP contribution in [0.1, 0.15) is 24.1 Å². The Balaban J connectivity index is 2.11. The van der Waals surface area contributed by atoms with E-state index in [-0.39, 0.29) is 35.9 Å². The molecular weight excluding hydrogens is 363 g/mol. The summed E-state index contributed by atoms with van der Waals surface area (Å²) in [5.74, 6) is -3.00. The van der Waals surface area contributed by atoms with Crippen molar-refractivity contribution in [1.29, 1.82) is 0 Å². The van der Waals surface area contributed by atoms with Gasteiger partial charge in [0.1, 0.15) is 11.6 Å². The number of amides is 2. The quantitative estimate of drug-likeness (QED) is 0.472. The van der Waals surface area contributed by atoms with Gasteiger partial charge in [-0.05, 0) is 6.07 Å². The molecule has 0 aliphatic carbocycles. The minimum Gasteiger partial charge on any atom is -0.507 e. The number of aliphatic hydroxyl groups is 1. The molecule has 1 aliphatic rings. The molecular formula is C21H19FN2O4. The van der Waals surface area contributed by atoms with Crippen molar-refractivity contribution in [2.24, 2.45) is 0 Å². The second-order valence-electron chi connectivity index (χ2n) is 6.36. The van der Waals surface area contributed by atoms with Gasteiger partial charge in [0.05, 0.1) is 11.6 Å². The summed E-state index contributed by atoms with van der Waals surface area (Å²) in [6.45, 7) is 1.42. The van der Waals surface area contributed by atoms with E-state index in [4.69, 9.17) is 0 Å². The number of rotatable bonds is 5. The van der Waals surface area contributed by atoms with Crippen LogP contribution in [0.2, 0.25) is 0 Å². The molecule has 0 spiro atoms. The van der Waals surface area contributed by atoms with E-state index in [1.165, 1.54) is 30.0 Å². The highest BCUT2D eigenvalue weighted by Crippen LogP contribution is 2.39. The average Bonchev–Trinajstić information content (AvgIpc) is 2.93. The topological polar surface area (TPSA) is 86.7 Å². The number of nitrogens with zero attached hydrogens (tertiary/aromatic N) is 1. The SMILES string of the molecule is CC(=O)NCCN1C(=O)C(=O)/C(=C(/O)c2ccccc2)[C@H]1c1ccccc1F. The normalized spacial score (nSPS) is 18.4. The van der Waals surface area contributed by atoms with E-state index in [0.29, 0.717) is 5.56 Å². The monoisotopic (exact) mass is 382 g/mol. The highest BCUT2D eigenvalue weighted by molar-refractivity contribution is 6.46. The van der Waals surface area contributed by atoms with Gasteiger partial charge in [-0.1, -0.05) is 48.5 Å². The lowest BCUT2D eigenvalue weighted by Gasteiger charge is -2.25. The Labute approximate surface area is 161 Å². The lowest BCUT2D eigenvalue weighted by Crippen LogP contribution is -2.37. The van der Waals surface area contributed by atoms with Crippen LogP contribution in [0.15, 0.2) is 60.2 Å². The number of carbonyl (C=O) groups excluding carboxylic acids is 3. The standard InChI is InChI=1S/C21H19FN2O4/c1-13(25)23-11-12-24-18(15-9-5-6-10-16(15)22)17(20(27)21(24)28)19(26)14-7-3-2-4-8-14/h2-10,18,26H,11-12H2,1H3,(H,23,25)/b19-17+/t18-/m1/s1. The van der Waals surface area contributed by atoms with Gasteiger partial charge in [-0.3, -0.25) is 14.4 Å². The van der Waals surface area contributed by atoms with Crippen molar-refractivity contribution < 1.29 is 23.9 Å². The molecule has 2 aromatic carbocycles. The zero-order valence-corrected chi connectivity index (χ0v) is 15.2. The number of nitrogens with one attached hydrogen (secondary N) is 1. The number of halogens is 1. The van der Waals surface area contributed by atoms with Gasteiger partial charge in [-0.25, -0.2) is 4.39 Å². The molecule has 1 atom stereocenters. The summed E-state index contributed by atoms with van der Waals surface area (Å²) in [5.41, 5.74) is 0.273. The molecule has 3 rings (SSSR count). The molecule has 1 heterocycles. The van der Waals surface area contributed by atoms with Crippen LogP contribution in [0.3, 0.4) is 0 Å². The van der Waals surface area contributed by atoms with E-state index < -0.39 is 23.5 Å². The third kappa shape index (κ3) is 3.64. The Kier molecular flexibility index (Phi) is 5.54. The van der Waals surface area contributed by atoms with E-state index in [0.717, 1.165) is 0 Å². The largest absolute Gasteiger partial charge is 0.507 e. The van der Waals surface area contributed by atoms with Crippen LogP contribution in [0.5, 0.6) is 0 Å². The van der Waals surface area contributed by atoms with Crippen molar-refractivity contribution in [3.63, 3.8) is 0 Å². The van der Waals surface area contributed by atoms with Gasteiger partial charge >= 0.3 is 0 Å². The molecule has 0 saturated carbocycles. The molecule has 0 bridgehead atoms. The highest BCUT2D eigenvalue weighted by Gasteiger charge is 2.46. The van der Waals surface area contributed by atoms with Gasteiger partial charge in [0.25, 0.3) is 11.7 Å². The van der Waals surface area contributed by atoms with E-state index in [1.54, 1.807) is 36.4 Å². The molecule has 1 aliphatic heterocycles. The van der Waals surface area contributed by atoms with Crippen LogP contribution in [0.4, 0.5) is 4.39 Å². The van der Waals surface area contributed by atoms with Crippen LogP contribution >= 0.6 is 0 Å². The highest BCUT2D eigenvalue weighted by atomic mass is 19.1. The van der Waals surface area contributed by atoms with Crippen molar-refractivity contribution >= 4 is 23.4 Å². The summed E-state index contributed by atoms with van der Waals surface area (Å²) in [5, 5.41) is 13.3. The van der Waals surface area contributed by atoms with E-state index in [9.17, 15) is 23.9 Å². The number of aliphatic hydroxyl groups excluding tert-OH is 1. The van der Waals surface area contributed by atoms with Crippen molar-refractivity contribution in [3.8, 4) is 0 Å². The van der Waals surface area contributed by atoms with Gasteiger partial charge < -0.3 is 15.3 Å². The Bertz CT molecular complexity index is 956.